The zero-order valence-electron chi connectivity index (χ0n) is 14.4. The number of hydrogen-bond acceptors (Lipinski definition) is 6. The summed E-state index contributed by atoms with van der Waals surface area (Å²) >= 11 is 1.01. The molecule has 3 amide bonds. The number of fused-ring (bicyclic) bond motifs is 1. The smallest absolute Gasteiger partial charge is 0.331 e. The molecule has 140 valence electrons. The third-order valence-electron chi connectivity index (χ3n) is 3.62. The van der Waals surface area contributed by atoms with Gasteiger partial charge in [-0.3, -0.25) is 14.8 Å². The Hall–Kier alpha value is -3.40. The molecule has 0 aliphatic rings. The molecule has 0 spiro atoms. The first-order valence-corrected chi connectivity index (χ1v) is 8.54. The summed E-state index contributed by atoms with van der Waals surface area (Å²) < 4.78 is 12.8. The predicted molar refractivity (Wildman–Crippen MR) is 100 cm³/mol. The molecule has 0 atom stereocenters. The number of urea groups is 1. The summed E-state index contributed by atoms with van der Waals surface area (Å²) in [5, 5.41) is 2.23. The van der Waals surface area contributed by atoms with Crippen LogP contribution < -0.4 is 25.2 Å². The van der Waals surface area contributed by atoms with Crippen LogP contribution in [0.1, 0.15) is 10.4 Å². The Morgan fingerprint density at radius 3 is 2.44 bits per heavy atom. The summed E-state index contributed by atoms with van der Waals surface area (Å²) in [4.78, 5) is 41.4. The molecule has 1 aromatic heterocycles. The highest BCUT2D eigenvalue weighted by Crippen LogP contribution is 2.27. The minimum absolute atomic E-state index is 0.249. The van der Waals surface area contributed by atoms with E-state index in [2.05, 4.69) is 20.0 Å². The monoisotopic (exact) mass is 388 g/mol. The second-order valence-electron chi connectivity index (χ2n) is 5.34. The number of amides is 3. The fourth-order valence-corrected chi connectivity index (χ4v) is 2.93. The number of nitrogens with one attached hydrogen (secondary N) is 4. The molecule has 27 heavy (non-hydrogen) atoms. The van der Waals surface area contributed by atoms with Crippen LogP contribution in [-0.2, 0) is 0 Å². The molecule has 0 radical (unpaired) electrons. The molecule has 2 aromatic carbocycles. The van der Waals surface area contributed by atoms with Gasteiger partial charge in [-0.05, 0) is 48.3 Å². The standard InChI is InChI=1S/C17H16N4O5S/c1-25-13-6-3-9(7-14(13)26-2)15(22)20-17(24)21-27-10-4-5-11-12(8-10)19-16(23)18-11/h3-8H,1-2H3,(H2,18,19,23)(H2,20,21,22,24). The van der Waals surface area contributed by atoms with Gasteiger partial charge in [-0.25, -0.2) is 9.59 Å². The molecule has 0 unspecified atom stereocenters. The molecule has 0 aliphatic heterocycles. The van der Waals surface area contributed by atoms with Gasteiger partial charge in [0.25, 0.3) is 5.91 Å². The van der Waals surface area contributed by atoms with Crippen LogP contribution in [0.4, 0.5) is 4.79 Å². The Morgan fingerprint density at radius 2 is 1.70 bits per heavy atom. The lowest BCUT2D eigenvalue weighted by Gasteiger charge is -2.10. The van der Waals surface area contributed by atoms with Crippen LogP contribution in [0.3, 0.4) is 0 Å². The van der Waals surface area contributed by atoms with Gasteiger partial charge in [-0.1, -0.05) is 0 Å². The van der Waals surface area contributed by atoms with Gasteiger partial charge in [-0.15, -0.1) is 0 Å². The van der Waals surface area contributed by atoms with Gasteiger partial charge in [0.05, 0.1) is 25.3 Å². The fourth-order valence-electron chi connectivity index (χ4n) is 2.36. The topological polar surface area (TPSA) is 125 Å². The van der Waals surface area contributed by atoms with E-state index in [0.717, 1.165) is 11.9 Å². The van der Waals surface area contributed by atoms with Crippen molar-refractivity contribution >= 4 is 34.9 Å². The lowest BCUT2D eigenvalue weighted by atomic mass is 10.2. The van der Waals surface area contributed by atoms with Crippen molar-refractivity contribution in [3.05, 3.63) is 52.4 Å². The first-order valence-electron chi connectivity index (χ1n) is 7.72. The SMILES string of the molecule is COc1ccc(C(=O)NC(=O)NSc2ccc3[nH]c(=O)[nH]c3c2)cc1OC. The van der Waals surface area contributed by atoms with Crippen molar-refractivity contribution in [3.8, 4) is 11.5 Å². The van der Waals surface area contributed by atoms with Crippen LogP contribution in [0.5, 0.6) is 11.5 Å². The van der Waals surface area contributed by atoms with Crippen molar-refractivity contribution in [2.45, 2.75) is 4.90 Å². The minimum atomic E-state index is -0.678. The molecule has 3 aromatic rings. The van der Waals surface area contributed by atoms with Crippen molar-refractivity contribution in [2.24, 2.45) is 0 Å². The summed E-state index contributed by atoms with van der Waals surface area (Å²) in [5.74, 6) is 0.278. The second-order valence-corrected chi connectivity index (χ2v) is 6.22. The Bertz CT molecular complexity index is 1060. The summed E-state index contributed by atoms with van der Waals surface area (Å²) in [6.07, 6.45) is 0. The van der Waals surface area contributed by atoms with Gasteiger partial charge in [0.1, 0.15) is 0 Å². The van der Waals surface area contributed by atoms with Crippen molar-refractivity contribution in [1.82, 2.24) is 20.0 Å². The molecular formula is C17H16N4O5S. The van der Waals surface area contributed by atoms with Gasteiger partial charge >= 0.3 is 11.7 Å². The van der Waals surface area contributed by atoms with Crippen LogP contribution in [0.2, 0.25) is 0 Å². The third-order valence-corrected chi connectivity index (χ3v) is 4.40. The summed E-state index contributed by atoms with van der Waals surface area (Å²) in [5.41, 5.74) is 1.23. The van der Waals surface area contributed by atoms with Gasteiger partial charge in [0.15, 0.2) is 11.5 Å². The molecule has 0 saturated carbocycles. The van der Waals surface area contributed by atoms with Crippen LogP contribution in [-0.4, -0.2) is 36.1 Å². The van der Waals surface area contributed by atoms with E-state index in [-0.39, 0.29) is 11.3 Å². The number of rotatable bonds is 5. The van der Waals surface area contributed by atoms with Crippen LogP contribution in [0, 0.1) is 0 Å². The largest absolute Gasteiger partial charge is 0.493 e. The number of carbonyl (C=O) groups excluding carboxylic acids is 2. The van der Waals surface area contributed by atoms with E-state index in [0.29, 0.717) is 27.4 Å². The number of ether oxygens (including phenoxy) is 2. The number of imidazole rings is 1. The van der Waals surface area contributed by atoms with Crippen LogP contribution in [0.15, 0.2) is 46.1 Å². The molecule has 3 rings (SSSR count). The Balaban J connectivity index is 1.61. The lowest BCUT2D eigenvalue weighted by Crippen LogP contribution is -2.36. The Labute approximate surface area is 157 Å². The highest BCUT2D eigenvalue weighted by Gasteiger charge is 2.13. The number of carbonyl (C=O) groups is 2. The first-order chi connectivity index (χ1) is 13.0. The number of benzene rings is 2. The van der Waals surface area contributed by atoms with Gasteiger partial charge in [0.2, 0.25) is 0 Å². The van der Waals surface area contributed by atoms with E-state index in [4.69, 9.17) is 9.47 Å². The molecule has 4 N–H and O–H groups in total. The molecule has 0 saturated heterocycles. The Morgan fingerprint density at radius 1 is 0.963 bits per heavy atom. The van der Waals surface area contributed by atoms with Gasteiger partial charge in [-0.2, -0.15) is 0 Å². The van der Waals surface area contributed by atoms with Gasteiger partial charge in [0, 0.05) is 10.5 Å². The Kier molecular flexibility index (Phi) is 5.36. The molecule has 10 heteroatoms. The number of imide groups is 1. The fraction of sp³-hybridized carbons (Fsp3) is 0.118. The number of H-pyrrole nitrogens is 2. The third kappa shape index (κ3) is 4.23. The van der Waals surface area contributed by atoms with E-state index < -0.39 is 11.9 Å². The minimum Gasteiger partial charge on any atom is -0.493 e. The van der Waals surface area contributed by atoms with Crippen LogP contribution >= 0.6 is 11.9 Å². The van der Waals surface area contributed by atoms with Crippen molar-refractivity contribution < 1.29 is 19.1 Å². The molecule has 0 aliphatic carbocycles. The zero-order valence-corrected chi connectivity index (χ0v) is 15.2. The maximum atomic E-state index is 12.2. The normalized spacial score (nSPS) is 10.4. The van der Waals surface area contributed by atoms with Crippen molar-refractivity contribution in [1.29, 1.82) is 0 Å². The molecule has 0 fully saturated rings. The predicted octanol–water partition coefficient (Wildman–Crippen LogP) is 2.02. The van der Waals surface area contributed by atoms with Crippen molar-refractivity contribution in [3.63, 3.8) is 0 Å². The quantitative estimate of drug-likeness (QED) is 0.496. The second kappa shape index (κ2) is 7.87. The highest BCUT2D eigenvalue weighted by molar-refractivity contribution is 7.98. The maximum Gasteiger partial charge on any atom is 0.331 e. The number of aromatic nitrogens is 2. The zero-order chi connectivity index (χ0) is 19.4. The summed E-state index contributed by atoms with van der Waals surface area (Å²) in [7, 11) is 2.94. The highest BCUT2D eigenvalue weighted by atomic mass is 32.2. The number of methoxy groups -OCH3 is 2. The average molecular weight is 388 g/mol. The first kappa shape index (κ1) is 18.4. The average Bonchev–Trinajstić information content (AvgIpc) is 3.04. The molecule has 0 bridgehead atoms. The lowest BCUT2D eigenvalue weighted by molar-refractivity contribution is 0.0965. The van der Waals surface area contributed by atoms with Crippen molar-refractivity contribution in [2.75, 3.05) is 14.2 Å². The summed E-state index contributed by atoms with van der Waals surface area (Å²) in [6.45, 7) is 0. The van der Waals surface area contributed by atoms with E-state index in [1.165, 1.54) is 26.4 Å². The maximum absolute atomic E-state index is 12.2. The van der Waals surface area contributed by atoms with Crippen LogP contribution in [0.25, 0.3) is 11.0 Å². The van der Waals surface area contributed by atoms with E-state index in [9.17, 15) is 14.4 Å². The van der Waals surface area contributed by atoms with E-state index >= 15 is 0 Å². The molecular weight excluding hydrogens is 372 g/mol. The summed E-state index contributed by atoms with van der Waals surface area (Å²) in [6, 6.07) is 9.04. The molecule has 9 nitrogen and oxygen atoms in total. The number of aromatic amines is 2. The van der Waals surface area contributed by atoms with E-state index in [1.54, 1.807) is 24.3 Å². The van der Waals surface area contributed by atoms with Gasteiger partial charge < -0.3 is 19.4 Å². The van der Waals surface area contributed by atoms with E-state index in [1.807, 2.05) is 0 Å². The number of hydrogen-bond donors (Lipinski definition) is 4. The molecule has 1 heterocycles.